The van der Waals surface area contributed by atoms with Crippen molar-refractivity contribution in [3.63, 3.8) is 0 Å². The molecule has 2 saturated carbocycles. The molecule has 2 atom stereocenters. The van der Waals surface area contributed by atoms with Gasteiger partial charge in [-0.25, -0.2) is 9.37 Å². The maximum atomic E-state index is 14.2. The topological polar surface area (TPSA) is 116 Å². The fourth-order valence-corrected chi connectivity index (χ4v) is 5.13. The third-order valence-electron chi connectivity index (χ3n) is 7.98. The number of fused-ring (bicyclic) bond motifs is 1. The normalized spacial score (nSPS) is 21.2. The van der Waals surface area contributed by atoms with Gasteiger partial charge in [-0.15, -0.1) is 0 Å². The molecule has 1 amide bonds. The highest BCUT2D eigenvalue weighted by atomic mass is 19.4. The lowest BCUT2D eigenvalue weighted by molar-refractivity contribution is -0.191. The highest BCUT2D eigenvalue weighted by Gasteiger charge is 2.59. The van der Waals surface area contributed by atoms with E-state index in [1.165, 1.54) is 25.3 Å². The standard InChI is InChI=1S/C30H29F4N3O5/c1-40-23-12-17(4-11-22(23)42-20-9-10-20)27(38)36-14-28(39,18-5-6-18)24-13-21-26(41-15-29(21,35)30(32,33)34)25(37-24)16-2-7-19(31)8-3-16/h2-4,7-8,11-13,18,20,39H,5-6,9-10,14-15,35H2,1H3,(H,36,38)/t28?,29-/m0/s1. The molecule has 1 aromatic heterocycles. The number of alkyl halides is 3. The summed E-state index contributed by atoms with van der Waals surface area (Å²) in [7, 11) is 1.46. The van der Waals surface area contributed by atoms with Crippen molar-refractivity contribution in [2.24, 2.45) is 11.7 Å². The van der Waals surface area contributed by atoms with E-state index in [1.807, 2.05) is 0 Å². The van der Waals surface area contributed by atoms with Gasteiger partial charge in [-0.2, -0.15) is 13.2 Å². The maximum Gasteiger partial charge on any atom is 0.414 e. The monoisotopic (exact) mass is 587 g/mol. The zero-order valence-corrected chi connectivity index (χ0v) is 22.6. The summed E-state index contributed by atoms with van der Waals surface area (Å²) in [6.07, 6.45) is -1.71. The van der Waals surface area contributed by atoms with E-state index in [9.17, 15) is 27.5 Å². The third-order valence-corrected chi connectivity index (χ3v) is 7.98. The van der Waals surface area contributed by atoms with Crippen molar-refractivity contribution in [1.82, 2.24) is 10.3 Å². The number of pyridine rings is 1. The molecule has 8 nitrogen and oxygen atoms in total. The second-order valence-corrected chi connectivity index (χ2v) is 11.1. The quantitative estimate of drug-likeness (QED) is 0.314. The van der Waals surface area contributed by atoms with Crippen molar-refractivity contribution in [3.05, 3.63) is 71.2 Å². The van der Waals surface area contributed by atoms with Gasteiger partial charge in [0.05, 0.1) is 25.5 Å². The van der Waals surface area contributed by atoms with Gasteiger partial charge in [-0.05, 0) is 80.1 Å². The van der Waals surface area contributed by atoms with Gasteiger partial charge < -0.3 is 30.4 Å². The molecule has 12 heteroatoms. The average Bonchev–Trinajstić information content (AvgIpc) is 3.90. The number of hydrogen-bond donors (Lipinski definition) is 3. The molecule has 42 heavy (non-hydrogen) atoms. The van der Waals surface area contributed by atoms with Crippen molar-refractivity contribution in [1.29, 1.82) is 0 Å². The Morgan fingerprint density at radius 1 is 1.12 bits per heavy atom. The molecular formula is C30H29F4N3O5. The van der Waals surface area contributed by atoms with Gasteiger partial charge in [0.2, 0.25) is 0 Å². The highest BCUT2D eigenvalue weighted by molar-refractivity contribution is 5.95. The molecule has 1 unspecified atom stereocenters. The summed E-state index contributed by atoms with van der Waals surface area (Å²) in [6, 6.07) is 10.8. The molecule has 0 spiro atoms. The molecule has 0 bridgehead atoms. The number of hydrogen-bond acceptors (Lipinski definition) is 7. The van der Waals surface area contributed by atoms with Gasteiger partial charge in [0.25, 0.3) is 5.91 Å². The first-order valence-electron chi connectivity index (χ1n) is 13.6. The Bertz CT molecular complexity index is 1520. The number of carbonyl (C=O) groups excluding carboxylic acids is 1. The number of carbonyl (C=O) groups is 1. The lowest BCUT2D eigenvalue weighted by Gasteiger charge is -2.31. The first kappa shape index (κ1) is 28.2. The van der Waals surface area contributed by atoms with Gasteiger partial charge in [-0.3, -0.25) is 4.79 Å². The van der Waals surface area contributed by atoms with Crippen molar-refractivity contribution in [3.8, 4) is 28.5 Å². The Morgan fingerprint density at radius 2 is 1.83 bits per heavy atom. The summed E-state index contributed by atoms with van der Waals surface area (Å²) in [6.45, 7) is -1.22. The summed E-state index contributed by atoms with van der Waals surface area (Å²) in [5, 5.41) is 14.7. The van der Waals surface area contributed by atoms with Crippen LogP contribution in [0.25, 0.3) is 11.3 Å². The molecule has 0 radical (unpaired) electrons. The zero-order valence-electron chi connectivity index (χ0n) is 22.6. The number of aromatic nitrogens is 1. The largest absolute Gasteiger partial charge is 0.493 e. The number of rotatable bonds is 9. The number of amides is 1. The van der Waals surface area contributed by atoms with Gasteiger partial charge in [0.1, 0.15) is 23.7 Å². The van der Waals surface area contributed by atoms with Crippen molar-refractivity contribution >= 4 is 5.91 Å². The summed E-state index contributed by atoms with van der Waals surface area (Å²) >= 11 is 0. The van der Waals surface area contributed by atoms with Gasteiger partial charge in [-0.1, -0.05) is 0 Å². The van der Waals surface area contributed by atoms with Crippen LogP contribution in [0.5, 0.6) is 17.2 Å². The maximum absolute atomic E-state index is 14.2. The van der Waals surface area contributed by atoms with Crippen LogP contribution in [-0.2, 0) is 11.1 Å². The molecule has 2 heterocycles. The van der Waals surface area contributed by atoms with E-state index in [4.69, 9.17) is 19.9 Å². The van der Waals surface area contributed by atoms with Crippen LogP contribution in [0.15, 0.2) is 48.5 Å². The molecule has 222 valence electrons. The number of nitrogens with zero attached hydrogens (tertiary/aromatic N) is 1. The Balaban J connectivity index is 1.35. The second-order valence-electron chi connectivity index (χ2n) is 11.1. The molecular weight excluding hydrogens is 558 g/mol. The lowest BCUT2D eigenvalue weighted by Crippen LogP contribution is -2.52. The van der Waals surface area contributed by atoms with E-state index in [-0.39, 0.29) is 52.4 Å². The number of halogens is 4. The van der Waals surface area contributed by atoms with E-state index in [2.05, 4.69) is 10.3 Å². The van der Waals surface area contributed by atoms with Crippen LogP contribution in [0.3, 0.4) is 0 Å². The summed E-state index contributed by atoms with van der Waals surface area (Å²) < 4.78 is 72.9. The van der Waals surface area contributed by atoms with Crippen molar-refractivity contribution in [2.75, 3.05) is 20.3 Å². The number of methoxy groups -OCH3 is 1. The smallest absolute Gasteiger partial charge is 0.414 e. The molecule has 6 rings (SSSR count). The number of ether oxygens (including phenoxy) is 3. The van der Waals surface area contributed by atoms with E-state index in [1.54, 1.807) is 12.1 Å². The fraction of sp³-hybridized carbons (Fsp3) is 0.400. The first-order valence-corrected chi connectivity index (χ1v) is 13.6. The van der Waals surface area contributed by atoms with Crippen molar-refractivity contribution < 1.29 is 41.7 Å². The molecule has 2 aromatic carbocycles. The fourth-order valence-electron chi connectivity index (χ4n) is 5.13. The number of aliphatic hydroxyl groups is 1. The molecule has 2 fully saturated rings. The van der Waals surface area contributed by atoms with E-state index < -0.39 is 35.6 Å². The van der Waals surface area contributed by atoms with Crippen LogP contribution in [0.2, 0.25) is 0 Å². The number of benzene rings is 2. The lowest BCUT2D eigenvalue weighted by atomic mass is 9.86. The van der Waals surface area contributed by atoms with E-state index >= 15 is 0 Å². The Labute approximate surface area is 238 Å². The van der Waals surface area contributed by atoms with Crippen LogP contribution in [-0.4, -0.2) is 48.5 Å². The van der Waals surface area contributed by atoms with Crippen LogP contribution < -0.4 is 25.3 Å². The minimum absolute atomic E-state index is 0.0135. The minimum Gasteiger partial charge on any atom is -0.493 e. The molecule has 3 aliphatic rings. The van der Waals surface area contributed by atoms with Crippen LogP contribution >= 0.6 is 0 Å². The van der Waals surface area contributed by atoms with Gasteiger partial charge >= 0.3 is 6.18 Å². The molecule has 4 N–H and O–H groups in total. The van der Waals surface area contributed by atoms with Crippen LogP contribution in [0.1, 0.15) is 47.3 Å². The van der Waals surface area contributed by atoms with Crippen LogP contribution in [0.4, 0.5) is 17.6 Å². The zero-order chi connectivity index (χ0) is 29.9. The average molecular weight is 588 g/mol. The molecule has 2 aliphatic carbocycles. The SMILES string of the molecule is COc1cc(C(=O)NCC(O)(c2cc3c(c(-c4ccc(F)cc4)n2)OC[C@@]3(N)C(F)(F)F)C2CC2)ccc1OC1CC1. The third kappa shape index (κ3) is 5.02. The summed E-state index contributed by atoms with van der Waals surface area (Å²) in [5.41, 5.74) is 1.22. The molecule has 1 aliphatic heterocycles. The molecule has 3 aromatic rings. The highest BCUT2D eigenvalue weighted by Crippen LogP contribution is 2.52. The van der Waals surface area contributed by atoms with Gasteiger partial charge in [0.15, 0.2) is 22.8 Å². The van der Waals surface area contributed by atoms with Gasteiger partial charge in [0, 0.05) is 16.7 Å². The number of nitrogens with one attached hydrogen (secondary N) is 1. The summed E-state index contributed by atoms with van der Waals surface area (Å²) in [4.78, 5) is 17.7. The van der Waals surface area contributed by atoms with E-state index in [0.717, 1.165) is 31.0 Å². The van der Waals surface area contributed by atoms with Crippen LogP contribution in [0, 0.1) is 11.7 Å². The number of nitrogens with two attached hydrogens (primary N) is 1. The first-order chi connectivity index (χ1) is 19.9. The second kappa shape index (κ2) is 10.1. The Morgan fingerprint density at radius 3 is 2.45 bits per heavy atom. The van der Waals surface area contributed by atoms with E-state index in [0.29, 0.717) is 24.3 Å². The Kier molecular flexibility index (Phi) is 6.81. The Hall–Kier alpha value is -3.90. The molecule has 0 saturated heterocycles. The predicted octanol–water partition coefficient (Wildman–Crippen LogP) is 4.57. The summed E-state index contributed by atoms with van der Waals surface area (Å²) in [5.74, 6) is -0.753. The van der Waals surface area contributed by atoms with Crippen molar-refractivity contribution in [2.45, 2.75) is 49.1 Å². The minimum atomic E-state index is -4.88. The predicted molar refractivity (Wildman–Crippen MR) is 143 cm³/mol.